The number of halogens is 1. The van der Waals surface area contributed by atoms with Crippen molar-refractivity contribution in [2.75, 3.05) is 31.5 Å². The quantitative estimate of drug-likeness (QED) is 0.904. The van der Waals surface area contributed by atoms with Crippen LogP contribution in [0.5, 0.6) is 0 Å². The van der Waals surface area contributed by atoms with Gasteiger partial charge in [-0.2, -0.15) is 0 Å². The molecule has 1 fully saturated rings. The molecule has 21 heavy (non-hydrogen) atoms. The predicted molar refractivity (Wildman–Crippen MR) is 83.1 cm³/mol. The maximum atomic E-state index is 12.9. The highest BCUT2D eigenvalue weighted by molar-refractivity contribution is 5.59. The standard InChI is InChI=1S/C17H19FN3/c18-15-4-6-16(7-5-15)20-17-3-1-2-14(12-17)13-21-10-8-19-9-11-21/h1-2,4-7,12,19-20H,8-11,13H2. The van der Waals surface area contributed by atoms with Crippen molar-refractivity contribution in [2.24, 2.45) is 0 Å². The molecule has 0 aliphatic carbocycles. The Morgan fingerprint density at radius 1 is 1.14 bits per heavy atom. The van der Waals surface area contributed by atoms with Crippen LogP contribution in [0, 0.1) is 11.9 Å². The lowest BCUT2D eigenvalue weighted by molar-refractivity contribution is 0.233. The van der Waals surface area contributed by atoms with Crippen molar-refractivity contribution >= 4 is 11.4 Å². The molecule has 2 aromatic carbocycles. The van der Waals surface area contributed by atoms with Crippen LogP contribution in [0.2, 0.25) is 0 Å². The number of hydrogen-bond donors (Lipinski definition) is 2. The molecule has 1 aliphatic heterocycles. The Morgan fingerprint density at radius 3 is 2.67 bits per heavy atom. The molecular weight excluding hydrogens is 265 g/mol. The molecule has 2 aromatic rings. The summed E-state index contributed by atoms with van der Waals surface area (Å²) in [6.07, 6.45) is 0. The molecule has 0 unspecified atom stereocenters. The minimum atomic E-state index is -0.225. The van der Waals surface area contributed by atoms with Gasteiger partial charge < -0.3 is 10.6 Å². The average Bonchev–Trinajstić information content (AvgIpc) is 2.51. The van der Waals surface area contributed by atoms with Gasteiger partial charge in [-0.1, -0.05) is 12.1 Å². The SMILES string of the molecule is Fc1ccc(Nc2[c]ccc(CN3CCNCC3)c2)cc1. The van der Waals surface area contributed by atoms with Gasteiger partial charge in [-0.05, 0) is 35.9 Å². The third-order valence-corrected chi connectivity index (χ3v) is 3.61. The summed E-state index contributed by atoms with van der Waals surface area (Å²) in [7, 11) is 0. The van der Waals surface area contributed by atoms with Crippen LogP contribution in [0.15, 0.2) is 42.5 Å². The lowest BCUT2D eigenvalue weighted by atomic mass is 10.1. The van der Waals surface area contributed by atoms with E-state index in [0.29, 0.717) is 0 Å². The van der Waals surface area contributed by atoms with Crippen LogP contribution in [-0.4, -0.2) is 31.1 Å². The van der Waals surface area contributed by atoms with Crippen LogP contribution in [0.1, 0.15) is 5.56 Å². The van der Waals surface area contributed by atoms with Crippen LogP contribution in [-0.2, 0) is 6.54 Å². The fourth-order valence-corrected chi connectivity index (χ4v) is 2.50. The molecule has 0 bridgehead atoms. The zero-order valence-electron chi connectivity index (χ0n) is 11.9. The number of benzene rings is 2. The van der Waals surface area contributed by atoms with Gasteiger partial charge >= 0.3 is 0 Å². The van der Waals surface area contributed by atoms with E-state index in [1.165, 1.54) is 17.7 Å². The van der Waals surface area contributed by atoms with Crippen molar-refractivity contribution in [3.63, 3.8) is 0 Å². The molecule has 109 valence electrons. The fourth-order valence-electron chi connectivity index (χ4n) is 2.50. The number of hydrogen-bond acceptors (Lipinski definition) is 3. The van der Waals surface area contributed by atoms with Crippen LogP contribution >= 0.6 is 0 Å². The van der Waals surface area contributed by atoms with Gasteiger partial charge in [0.15, 0.2) is 0 Å². The van der Waals surface area contributed by atoms with E-state index in [9.17, 15) is 4.39 Å². The summed E-state index contributed by atoms with van der Waals surface area (Å²) in [5.74, 6) is -0.225. The topological polar surface area (TPSA) is 27.3 Å². The summed E-state index contributed by atoms with van der Waals surface area (Å²) in [6.45, 7) is 5.23. The molecule has 1 heterocycles. The minimum absolute atomic E-state index is 0.225. The minimum Gasteiger partial charge on any atom is -0.355 e. The largest absolute Gasteiger partial charge is 0.355 e. The average molecular weight is 284 g/mol. The maximum absolute atomic E-state index is 12.9. The van der Waals surface area contributed by atoms with Gasteiger partial charge in [-0.15, -0.1) is 0 Å². The Kier molecular flexibility index (Phi) is 4.48. The molecule has 0 spiro atoms. The monoisotopic (exact) mass is 284 g/mol. The highest BCUT2D eigenvalue weighted by Crippen LogP contribution is 2.18. The Hall–Kier alpha value is -1.91. The van der Waals surface area contributed by atoms with E-state index in [-0.39, 0.29) is 5.82 Å². The number of anilines is 2. The molecule has 0 saturated carbocycles. The highest BCUT2D eigenvalue weighted by atomic mass is 19.1. The summed E-state index contributed by atoms with van der Waals surface area (Å²) in [4.78, 5) is 2.44. The van der Waals surface area contributed by atoms with E-state index in [2.05, 4.69) is 33.7 Å². The number of piperazine rings is 1. The molecular formula is C17H19FN3. The van der Waals surface area contributed by atoms with Crippen molar-refractivity contribution in [1.29, 1.82) is 0 Å². The first-order valence-corrected chi connectivity index (χ1v) is 7.26. The summed E-state index contributed by atoms with van der Waals surface area (Å²) in [5, 5.41) is 6.61. The van der Waals surface area contributed by atoms with Gasteiger partial charge in [0.1, 0.15) is 5.82 Å². The smallest absolute Gasteiger partial charge is 0.123 e. The molecule has 4 heteroatoms. The first-order chi connectivity index (χ1) is 10.3. The molecule has 3 nitrogen and oxygen atoms in total. The summed E-state index contributed by atoms with van der Waals surface area (Å²) < 4.78 is 12.9. The first kappa shape index (κ1) is 14.0. The van der Waals surface area contributed by atoms with E-state index in [0.717, 1.165) is 44.1 Å². The Morgan fingerprint density at radius 2 is 1.90 bits per heavy atom. The second kappa shape index (κ2) is 6.70. The molecule has 2 N–H and O–H groups in total. The van der Waals surface area contributed by atoms with Crippen molar-refractivity contribution in [3.8, 4) is 0 Å². The van der Waals surface area contributed by atoms with Crippen LogP contribution in [0.3, 0.4) is 0 Å². The zero-order chi connectivity index (χ0) is 14.5. The normalized spacial score (nSPS) is 15.9. The highest BCUT2D eigenvalue weighted by Gasteiger charge is 2.10. The van der Waals surface area contributed by atoms with E-state index in [4.69, 9.17) is 0 Å². The summed E-state index contributed by atoms with van der Waals surface area (Å²) in [5.41, 5.74) is 3.04. The fraction of sp³-hybridized carbons (Fsp3) is 0.294. The van der Waals surface area contributed by atoms with Crippen molar-refractivity contribution in [1.82, 2.24) is 10.2 Å². The zero-order valence-corrected chi connectivity index (χ0v) is 11.9. The van der Waals surface area contributed by atoms with Gasteiger partial charge in [0.05, 0.1) is 0 Å². The molecule has 1 aliphatic rings. The van der Waals surface area contributed by atoms with E-state index in [1.807, 2.05) is 6.07 Å². The number of nitrogens with zero attached hydrogens (tertiary/aromatic N) is 1. The van der Waals surface area contributed by atoms with Gasteiger partial charge in [0.25, 0.3) is 0 Å². The van der Waals surface area contributed by atoms with E-state index >= 15 is 0 Å². The Labute approximate surface area is 124 Å². The van der Waals surface area contributed by atoms with Gasteiger partial charge in [0.2, 0.25) is 0 Å². The summed E-state index contributed by atoms with van der Waals surface area (Å²) >= 11 is 0. The molecule has 0 aromatic heterocycles. The van der Waals surface area contributed by atoms with Gasteiger partial charge in [-0.3, -0.25) is 4.90 Å². The maximum Gasteiger partial charge on any atom is 0.123 e. The first-order valence-electron chi connectivity index (χ1n) is 7.26. The molecule has 1 saturated heterocycles. The van der Waals surface area contributed by atoms with Crippen LogP contribution < -0.4 is 10.6 Å². The van der Waals surface area contributed by atoms with E-state index < -0.39 is 0 Å². The second-order valence-corrected chi connectivity index (χ2v) is 5.27. The van der Waals surface area contributed by atoms with Crippen LogP contribution in [0.4, 0.5) is 15.8 Å². The Balaban J connectivity index is 1.66. The predicted octanol–water partition coefficient (Wildman–Crippen LogP) is 2.77. The van der Waals surface area contributed by atoms with E-state index in [1.54, 1.807) is 12.1 Å². The van der Waals surface area contributed by atoms with Crippen LogP contribution in [0.25, 0.3) is 0 Å². The van der Waals surface area contributed by atoms with Gasteiger partial charge in [-0.25, -0.2) is 4.39 Å². The number of nitrogens with one attached hydrogen (secondary N) is 2. The lowest BCUT2D eigenvalue weighted by Gasteiger charge is -2.27. The van der Waals surface area contributed by atoms with Crippen molar-refractivity contribution < 1.29 is 4.39 Å². The summed E-state index contributed by atoms with van der Waals surface area (Å²) in [6, 6.07) is 15.7. The third kappa shape index (κ3) is 4.03. The third-order valence-electron chi connectivity index (χ3n) is 3.61. The number of rotatable bonds is 4. The molecule has 3 rings (SSSR count). The second-order valence-electron chi connectivity index (χ2n) is 5.27. The van der Waals surface area contributed by atoms with Crippen molar-refractivity contribution in [2.45, 2.75) is 6.54 Å². The molecule has 1 radical (unpaired) electrons. The van der Waals surface area contributed by atoms with Gasteiger partial charge in [0, 0.05) is 50.2 Å². The van der Waals surface area contributed by atoms with Crippen molar-refractivity contribution in [3.05, 3.63) is 59.9 Å². The molecule has 0 amide bonds. The Bertz CT molecular complexity index is 577. The lowest BCUT2D eigenvalue weighted by Crippen LogP contribution is -2.42. The molecule has 0 atom stereocenters.